The minimum Gasteiger partial charge on any atom is -0.493 e. The third-order valence-electron chi connectivity index (χ3n) is 6.23. The Kier molecular flexibility index (Phi) is 8.05. The van der Waals surface area contributed by atoms with Crippen molar-refractivity contribution in [3.63, 3.8) is 0 Å². The second-order valence-corrected chi connectivity index (χ2v) is 9.19. The Balaban J connectivity index is 1.45. The number of aromatic nitrogens is 2. The number of rotatable bonds is 9. The van der Waals surface area contributed by atoms with Crippen molar-refractivity contribution >= 4 is 17.8 Å². The van der Waals surface area contributed by atoms with Gasteiger partial charge in [-0.25, -0.2) is 4.98 Å². The van der Waals surface area contributed by atoms with E-state index in [-0.39, 0.29) is 26.0 Å². The van der Waals surface area contributed by atoms with Crippen molar-refractivity contribution in [3.05, 3.63) is 41.2 Å². The van der Waals surface area contributed by atoms with Crippen molar-refractivity contribution in [2.24, 2.45) is 5.92 Å². The number of hydrogen-bond donors (Lipinski definition) is 1. The third-order valence-corrected chi connectivity index (χ3v) is 6.23. The van der Waals surface area contributed by atoms with Crippen molar-refractivity contribution in [2.75, 3.05) is 31.6 Å². The summed E-state index contributed by atoms with van der Waals surface area (Å²) in [7, 11) is 0. The number of carbonyl (C=O) groups is 2. The highest BCUT2D eigenvalue weighted by Crippen LogP contribution is 2.30. The van der Waals surface area contributed by atoms with Gasteiger partial charge in [-0.2, -0.15) is 13.2 Å². The predicted molar refractivity (Wildman–Crippen MR) is 126 cm³/mol. The van der Waals surface area contributed by atoms with Crippen LogP contribution >= 0.6 is 0 Å². The fraction of sp³-hybridized carbons (Fsp3) is 0.560. The van der Waals surface area contributed by atoms with E-state index in [9.17, 15) is 22.8 Å². The maximum atomic E-state index is 13.2. The number of aryl methyl sites for hydroxylation is 1. The van der Waals surface area contributed by atoms with Gasteiger partial charge in [-0.05, 0) is 42.5 Å². The topological polar surface area (TPSA) is 85.7 Å². The molecule has 1 N–H and O–H groups in total. The summed E-state index contributed by atoms with van der Waals surface area (Å²) in [5.74, 6) is -0.830. The molecule has 2 aliphatic rings. The standard InChI is InChI=1S/C25H31F3N4O4/c1-2-9-36-22(33)13-18-11-17-4-5-21(12-19(17)14-32(23(18)34)16-25(26,27)28)35-10-6-20-15-31-8-3-7-29-24(31)30-20/h4-5,12,15,18H,2-3,6-11,13-14,16H2,1H3,(H,29,30)/t18-/m0/s1. The molecule has 1 aromatic heterocycles. The molecule has 3 heterocycles. The Morgan fingerprint density at radius 1 is 1.25 bits per heavy atom. The predicted octanol–water partition coefficient (Wildman–Crippen LogP) is 3.73. The molecule has 0 radical (unpaired) electrons. The quantitative estimate of drug-likeness (QED) is 0.520. The molecule has 0 saturated carbocycles. The number of anilines is 1. The van der Waals surface area contributed by atoms with E-state index in [1.165, 1.54) is 0 Å². The Morgan fingerprint density at radius 2 is 2.08 bits per heavy atom. The van der Waals surface area contributed by atoms with Gasteiger partial charge in [0.15, 0.2) is 0 Å². The fourth-order valence-electron chi connectivity index (χ4n) is 4.54. The number of imidazole rings is 1. The van der Waals surface area contributed by atoms with Crippen molar-refractivity contribution < 1.29 is 32.2 Å². The van der Waals surface area contributed by atoms with Crippen LogP contribution in [0.15, 0.2) is 24.4 Å². The van der Waals surface area contributed by atoms with Gasteiger partial charge >= 0.3 is 12.1 Å². The Hall–Kier alpha value is -3.24. The molecule has 0 fully saturated rings. The van der Waals surface area contributed by atoms with Crippen molar-refractivity contribution in [3.8, 4) is 5.75 Å². The molecule has 196 valence electrons. The van der Waals surface area contributed by atoms with E-state index in [0.29, 0.717) is 30.8 Å². The maximum absolute atomic E-state index is 13.2. The number of ether oxygens (including phenoxy) is 2. The average molecular weight is 509 g/mol. The molecule has 36 heavy (non-hydrogen) atoms. The van der Waals surface area contributed by atoms with Gasteiger partial charge in [0.1, 0.15) is 12.3 Å². The van der Waals surface area contributed by atoms with Crippen molar-refractivity contribution in [1.82, 2.24) is 14.5 Å². The van der Waals surface area contributed by atoms with E-state index in [0.717, 1.165) is 41.6 Å². The molecule has 2 aromatic rings. The number of nitrogens with one attached hydrogen (secondary N) is 1. The normalized spacial score (nSPS) is 17.6. The summed E-state index contributed by atoms with van der Waals surface area (Å²) in [6, 6.07) is 5.19. The van der Waals surface area contributed by atoms with Gasteiger partial charge in [0.2, 0.25) is 11.9 Å². The first-order chi connectivity index (χ1) is 17.2. The number of esters is 1. The average Bonchev–Trinajstić information content (AvgIpc) is 3.19. The first-order valence-electron chi connectivity index (χ1n) is 12.3. The zero-order chi connectivity index (χ0) is 25.7. The highest BCUT2D eigenvalue weighted by Gasteiger charge is 2.38. The van der Waals surface area contributed by atoms with E-state index in [1.807, 2.05) is 13.1 Å². The van der Waals surface area contributed by atoms with Crippen LogP contribution < -0.4 is 10.1 Å². The van der Waals surface area contributed by atoms with Crippen LogP contribution in [0.5, 0.6) is 5.75 Å². The molecule has 8 nitrogen and oxygen atoms in total. The van der Waals surface area contributed by atoms with E-state index < -0.39 is 30.5 Å². The molecular formula is C25H31F3N4O4. The van der Waals surface area contributed by atoms with Gasteiger partial charge in [-0.3, -0.25) is 9.59 Å². The summed E-state index contributed by atoms with van der Waals surface area (Å²) in [4.78, 5) is 30.4. The molecule has 0 bridgehead atoms. The summed E-state index contributed by atoms with van der Waals surface area (Å²) in [5.41, 5.74) is 2.20. The molecule has 0 aliphatic carbocycles. The third kappa shape index (κ3) is 6.70. The van der Waals surface area contributed by atoms with Gasteiger partial charge in [-0.1, -0.05) is 13.0 Å². The van der Waals surface area contributed by atoms with E-state index >= 15 is 0 Å². The number of carbonyl (C=O) groups excluding carboxylic acids is 2. The Labute approximate surface area is 207 Å². The fourth-order valence-corrected chi connectivity index (χ4v) is 4.54. The minimum atomic E-state index is -4.56. The van der Waals surface area contributed by atoms with Crippen LogP contribution in [0.1, 0.15) is 43.0 Å². The summed E-state index contributed by atoms with van der Waals surface area (Å²) < 4.78 is 52.8. The van der Waals surface area contributed by atoms with Gasteiger partial charge in [0.05, 0.1) is 31.2 Å². The Bertz CT molecular complexity index is 1060. The van der Waals surface area contributed by atoms with Crippen LogP contribution in [0.3, 0.4) is 0 Å². The van der Waals surface area contributed by atoms with Crippen molar-refractivity contribution in [2.45, 2.75) is 58.3 Å². The molecule has 0 spiro atoms. The minimum absolute atomic E-state index is 0.164. The summed E-state index contributed by atoms with van der Waals surface area (Å²) in [5, 5.41) is 3.25. The first-order valence-corrected chi connectivity index (χ1v) is 12.3. The molecule has 4 rings (SSSR count). The molecule has 0 unspecified atom stereocenters. The van der Waals surface area contributed by atoms with E-state index in [2.05, 4.69) is 14.9 Å². The summed E-state index contributed by atoms with van der Waals surface area (Å²) in [6.07, 6.45) is -0.404. The second kappa shape index (κ2) is 11.2. The lowest BCUT2D eigenvalue weighted by Crippen LogP contribution is -2.41. The SMILES string of the molecule is CCCOC(=O)C[C@@H]1Cc2ccc(OCCc3cn4c(n3)NCCC4)cc2CN(CC(F)(F)F)C1=O. The van der Waals surface area contributed by atoms with Crippen LogP contribution in [0.4, 0.5) is 19.1 Å². The van der Waals surface area contributed by atoms with Crippen LogP contribution in [0.2, 0.25) is 0 Å². The number of amides is 1. The molecule has 1 atom stereocenters. The number of alkyl halides is 3. The van der Waals surface area contributed by atoms with Gasteiger partial charge in [-0.15, -0.1) is 0 Å². The molecule has 1 aromatic carbocycles. The molecule has 1 amide bonds. The lowest BCUT2D eigenvalue weighted by atomic mass is 9.94. The molecule has 2 aliphatic heterocycles. The maximum Gasteiger partial charge on any atom is 0.406 e. The van der Waals surface area contributed by atoms with Crippen molar-refractivity contribution in [1.29, 1.82) is 0 Å². The van der Waals surface area contributed by atoms with E-state index in [4.69, 9.17) is 9.47 Å². The van der Waals surface area contributed by atoms with Gasteiger partial charge in [0, 0.05) is 32.3 Å². The molecule has 0 saturated heterocycles. The zero-order valence-electron chi connectivity index (χ0n) is 20.3. The van der Waals surface area contributed by atoms with Crippen LogP contribution in [0, 0.1) is 5.92 Å². The lowest BCUT2D eigenvalue weighted by Gasteiger charge is -2.25. The molecular weight excluding hydrogens is 477 g/mol. The number of fused-ring (bicyclic) bond motifs is 2. The van der Waals surface area contributed by atoms with Gasteiger partial charge in [0.25, 0.3) is 0 Å². The number of nitrogens with zero attached hydrogens (tertiary/aromatic N) is 3. The van der Waals surface area contributed by atoms with Crippen LogP contribution in [-0.2, 0) is 40.3 Å². The highest BCUT2D eigenvalue weighted by molar-refractivity contribution is 5.84. The zero-order valence-corrected chi connectivity index (χ0v) is 20.3. The number of halogens is 3. The summed E-state index contributed by atoms with van der Waals surface area (Å²) in [6.45, 7) is 2.64. The number of hydrogen-bond acceptors (Lipinski definition) is 6. The largest absolute Gasteiger partial charge is 0.493 e. The van der Waals surface area contributed by atoms with Crippen LogP contribution in [-0.4, -0.2) is 58.8 Å². The highest BCUT2D eigenvalue weighted by atomic mass is 19.4. The number of benzene rings is 1. The summed E-state index contributed by atoms with van der Waals surface area (Å²) >= 11 is 0. The lowest BCUT2D eigenvalue weighted by molar-refractivity contribution is -0.165. The van der Waals surface area contributed by atoms with Gasteiger partial charge < -0.3 is 24.3 Å². The molecule has 11 heteroatoms. The second-order valence-electron chi connectivity index (χ2n) is 9.19. The van der Waals surface area contributed by atoms with E-state index in [1.54, 1.807) is 18.2 Å². The monoisotopic (exact) mass is 508 g/mol. The Morgan fingerprint density at radius 3 is 2.83 bits per heavy atom. The first kappa shape index (κ1) is 25.8. The smallest absolute Gasteiger partial charge is 0.406 e. The van der Waals surface area contributed by atoms with Crippen LogP contribution in [0.25, 0.3) is 0 Å².